The number of aliphatic hydroxyl groups is 1. The lowest BCUT2D eigenvalue weighted by molar-refractivity contribution is -0.386. The lowest BCUT2D eigenvalue weighted by Gasteiger charge is -2.67. The van der Waals surface area contributed by atoms with Crippen molar-refractivity contribution in [2.45, 2.75) is 127 Å². The zero-order valence-corrected chi connectivity index (χ0v) is 39.3. The molecule has 70 heavy (non-hydrogen) atoms. The number of nitrogens with zero attached hydrogens (tertiary/aromatic N) is 1. The van der Waals surface area contributed by atoms with E-state index in [1.54, 1.807) is 6.07 Å². The van der Waals surface area contributed by atoms with Crippen LogP contribution in [0.25, 0.3) is 0 Å². The van der Waals surface area contributed by atoms with E-state index in [1.165, 1.54) is 61.8 Å². The van der Waals surface area contributed by atoms with Gasteiger partial charge in [0.25, 0.3) is 0 Å². The summed E-state index contributed by atoms with van der Waals surface area (Å²) in [5.74, 6) is -11.9. The van der Waals surface area contributed by atoms with Crippen LogP contribution < -0.4 is 0 Å². The molecular weight excluding hydrogens is 927 g/mol. The Hall–Kier alpha value is -7.20. The van der Waals surface area contributed by atoms with Gasteiger partial charge in [-0.3, -0.25) is 29.0 Å². The molecule has 1 spiro atoms. The van der Waals surface area contributed by atoms with E-state index in [-0.39, 0.29) is 28.8 Å². The molecule has 1 aromatic carbocycles. The smallest absolute Gasteiger partial charge is 0.350 e. The Morgan fingerprint density at radius 2 is 1.36 bits per heavy atom. The molecule has 22 heteroatoms. The number of carbonyl (C=O) groups is 9. The summed E-state index contributed by atoms with van der Waals surface area (Å²) in [7, 11) is 0. The molecule has 374 valence electrons. The van der Waals surface area contributed by atoms with Crippen molar-refractivity contribution >= 4 is 53.7 Å². The first-order chi connectivity index (χ1) is 32.9. The summed E-state index contributed by atoms with van der Waals surface area (Å²) in [5, 5.41) is 13.9. The van der Waals surface area contributed by atoms with Crippen molar-refractivity contribution in [2.75, 3.05) is 13.2 Å². The SMILES string of the molecule is CC(=O)OC[C@]12[C@H](OC(C)=O)C(OC(C)=O)[C@@H]3[C@@H](OC(C)=O)[C@]14O[C@@]3(C)COC(=O)c1cccnc1CCC(C)(OC(=O)c1ccoc1)C(=O)O[C@@H](C(OC(=O)c1ccccc1)[C@@H]2OC(C)=O)[C@]4(C)O. The predicted octanol–water partition coefficient (Wildman–Crippen LogP) is 2.73. The van der Waals surface area contributed by atoms with Gasteiger partial charge in [0.1, 0.15) is 48.3 Å². The molecule has 1 N–H and O–H groups in total. The number of carbonyl (C=O) groups excluding carboxylic acids is 9. The van der Waals surface area contributed by atoms with Crippen molar-refractivity contribution < 1.29 is 100 Å². The molecule has 3 unspecified atom stereocenters. The average Bonchev–Trinajstić information content (AvgIpc) is 3.91. The summed E-state index contributed by atoms with van der Waals surface area (Å²) in [6, 6.07) is 11.3. The van der Waals surface area contributed by atoms with Gasteiger partial charge in [-0.15, -0.1) is 0 Å². The number of ether oxygens (including phenoxy) is 10. The van der Waals surface area contributed by atoms with Crippen LogP contribution in [0.2, 0.25) is 0 Å². The Morgan fingerprint density at radius 1 is 0.729 bits per heavy atom. The van der Waals surface area contributed by atoms with Crippen LogP contribution in [0.5, 0.6) is 0 Å². The number of benzene rings is 1. The molecule has 22 nitrogen and oxygen atoms in total. The molecule has 4 heterocycles. The van der Waals surface area contributed by atoms with Crippen molar-refractivity contribution in [3.63, 3.8) is 0 Å². The van der Waals surface area contributed by atoms with Crippen LogP contribution in [0, 0.1) is 11.3 Å². The summed E-state index contributed by atoms with van der Waals surface area (Å²) < 4.78 is 66.7. The van der Waals surface area contributed by atoms with Crippen LogP contribution in [0.15, 0.2) is 71.7 Å². The van der Waals surface area contributed by atoms with Crippen molar-refractivity contribution in [1.29, 1.82) is 0 Å². The van der Waals surface area contributed by atoms with Crippen LogP contribution >= 0.6 is 0 Å². The Kier molecular flexibility index (Phi) is 13.7. The highest BCUT2D eigenvalue weighted by Gasteiger charge is 2.92. The molecule has 3 fully saturated rings. The van der Waals surface area contributed by atoms with Gasteiger partial charge in [0.15, 0.2) is 30.0 Å². The van der Waals surface area contributed by atoms with Crippen LogP contribution in [0.1, 0.15) is 98.6 Å². The minimum Gasteiger partial charge on any atom is -0.472 e. The second-order valence-corrected chi connectivity index (χ2v) is 18.1. The first-order valence-electron chi connectivity index (χ1n) is 22.0. The summed E-state index contributed by atoms with van der Waals surface area (Å²) in [6.07, 6.45) is -10.3. The number of fused-ring (bicyclic) bond motifs is 5. The van der Waals surface area contributed by atoms with Crippen molar-refractivity contribution in [3.8, 4) is 0 Å². The highest BCUT2D eigenvalue weighted by molar-refractivity contribution is 5.93. The Bertz CT molecular complexity index is 2580. The van der Waals surface area contributed by atoms with Gasteiger partial charge in [0.05, 0.1) is 34.6 Å². The first-order valence-corrected chi connectivity index (χ1v) is 22.0. The molecule has 4 aliphatic rings. The summed E-state index contributed by atoms with van der Waals surface area (Å²) in [5.41, 5.74) is -13.8. The molecule has 7 rings (SSSR count). The zero-order valence-electron chi connectivity index (χ0n) is 39.3. The van der Waals surface area contributed by atoms with Crippen LogP contribution in [0.4, 0.5) is 0 Å². The third kappa shape index (κ3) is 8.73. The number of hydrogen-bond acceptors (Lipinski definition) is 22. The molecule has 2 saturated carbocycles. The number of aromatic nitrogens is 1. The standard InChI is InChI=1S/C48H51NO21/c1-24(50)61-23-47-38(65-27(4)53)34(63-25(2)51)33-36(64-26(3)52)48(47)46(8,59)37(35(39(47)66-28(5)54)67-40(55)29-13-10-9-11-14-29)68-43(58)44(6,69-41(56)30-17-20-60-21-30)18-16-32-31(15-12-19-49-32)42(57)62-22-45(33,7)70-48/h9-15,17,19-21,33-39,59H,16,18,22-23H2,1-8H3/t33-,34?,35?,36-,37+,38-,39+,44?,45+,46+,47-,48-/m1/s1. The summed E-state index contributed by atoms with van der Waals surface area (Å²) in [4.78, 5) is 130. The van der Waals surface area contributed by atoms with Gasteiger partial charge in [-0.1, -0.05) is 18.2 Å². The van der Waals surface area contributed by atoms with E-state index in [4.69, 9.17) is 51.8 Å². The number of hydrogen-bond donors (Lipinski definition) is 1. The van der Waals surface area contributed by atoms with Crippen LogP contribution in [-0.2, 0) is 82.6 Å². The molecule has 0 radical (unpaired) electrons. The zero-order chi connectivity index (χ0) is 51.1. The average molecular weight is 978 g/mol. The Morgan fingerprint density at radius 3 is 1.96 bits per heavy atom. The fraction of sp³-hybridized carbons (Fsp3) is 0.500. The van der Waals surface area contributed by atoms with E-state index in [1.807, 2.05) is 0 Å². The molecule has 1 saturated heterocycles. The maximum Gasteiger partial charge on any atom is 0.350 e. The highest BCUT2D eigenvalue weighted by atomic mass is 16.7. The minimum atomic E-state index is -3.07. The second kappa shape index (κ2) is 18.9. The van der Waals surface area contributed by atoms with Gasteiger partial charge < -0.3 is 56.9 Å². The molecule has 2 aliphatic heterocycles. The normalized spacial score (nSPS) is 33.3. The summed E-state index contributed by atoms with van der Waals surface area (Å²) >= 11 is 0. The van der Waals surface area contributed by atoms with E-state index in [9.17, 15) is 43.5 Å². The summed E-state index contributed by atoms with van der Waals surface area (Å²) in [6.45, 7) is 6.29. The number of aryl methyl sites for hydroxylation is 1. The second-order valence-electron chi connectivity index (χ2n) is 18.1. The van der Waals surface area contributed by atoms with E-state index in [0.717, 1.165) is 54.7 Å². The molecule has 3 aromatic rings. The third-order valence-corrected chi connectivity index (χ3v) is 13.2. The van der Waals surface area contributed by atoms with Gasteiger partial charge in [-0.2, -0.15) is 0 Å². The number of furan rings is 1. The van der Waals surface area contributed by atoms with Gasteiger partial charge in [-0.25, -0.2) is 19.2 Å². The fourth-order valence-electron chi connectivity index (χ4n) is 10.5. The van der Waals surface area contributed by atoms with E-state index >= 15 is 4.79 Å². The van der Waals surface area contributed by atoms with Gasteiger partial charge in [-0.05, 0) is 57.5 Å². The molecule has 0 amide bonds. The van der Waals surface area contributed by atoms with Crippen LogP contribution in [0.3, 0.4) is 0 Å². The van der Waals surface area contributed by atoms with E-state index in [0.29, 0.717) is 0 Å². The maximum absolute atomic E-state index is 15.3. The minimum absolute atomic E-state index is 0.0387. The highest BCUT2D eigenvalue weighted by Crippen LogP contribution is 2.70. The Labute approximate surface area is 399 Å². The largest absolute Gasteiger partial charge is 0.472 e. The third-order valence-electron chi connectivity index (χ3n) is 13.2. The lowest BCUT2D eigenvalue weighted by Crippen LogP contribution is -2.89. The van der Waals surface area contributed by atoms with Crippen molar-refractivity contribution in [2.24, 2.45) is 11.3 Å². The van der Waals surface area contributed by atoms with Crippen molar-refractivity contribution in [3.05, 3.63) is 89.6 Å². The quantitative estimate of drug-likeness (QED) is 0.226. The number of cyclic esters (lactones) is 1. The van der Waals surface area contributed by atoms with Gasteiger partial charge >= 0.3 is 53.7 Å². The number of esters is 9. The monoisotopic (exact) mass is 977 g/mol. The first kappa shape index (κ1) is 50.7. The van der Waals surface area contributed by atoms with Crippen molar-refractivity contribution in [1.82, 2.24) is 4.98 Å². The van der Waals surface area contributed by atoms with Crippen LogP contribution in [-0.4, -0.2) is 136 Å². The van der Waals surface area contributed by atoms with E-state index in [2.05, 4.69) is 4.98 Å². The molecule has 2 aliphatic carbocycles. The Balaban J connectivity index is 1.62. The molecule has 4 bridgehead atoms. The molecule has 2 aromatic heterocycles. The lowest BCUT2D eigenvalue weighted by atomic mass is 9.45. The number of rotatable bonds is 10. The molecular formula is C48H51NO21. The topological polar surface area (TPSA) is 292 Å². The van der Waals surface area contributed by atoms with Gasteiger partial charge in [0.2, 0.25) is 5.60 Å². The molecule has 12 atom stereocenters. The maximum atomic E-state index is 15.3. The van der Waals surface area contributed by atoms with Gasteiger partial charge in [0, 0.05) is 47.2 Å². The van der Waals surface area contributed by atoms with E-state index < -0.39 is 144 Å². The number of pyridine rings is 1. The predicted molar refractivity (Wildman–Crippen MR) is 229 cm³/mol. The fourth-order valence-corrected chi connectivity index (χ4v) is 10.5.